The largest absolute Gasteiger partial charge is 0.495 e. The second-order valence-electron chi connectivity index (χ2n) is 3.31. The van der Waals surface area contributed by atoms with Gasteiger partial charge in [0.15, 0.2) is 0 Å². The third-order valence-corrected chi connectivity index (χ3v) is 2.70. The maximum atomic E-state index is 8.78. The number of rotatable bonds is 5. The van der Waals surface area contributed by atoms with Crippen molar-refractivity contribution in [1.29, 1.82) is 0 Å². The minimum atomic E-state index is 0.209. The number of aliphatic hydroxyl groups excluding tert-OH is 1. The minimum Gasteiger partial charge on any atom is -0.495 e. The maximum absolute atomic E-state index is 8.78. The summed E-state index contributed by atoms with van der Waals surface area (Å²) < 4.78 is 6.30. The number of ether oxygens (including phenoxy) is 1. The smallest absolute Gasteiger partial charge is 0.142 e. The van der Waals surface area contributed by atoms with Crippen molar-refractivity contribution in [3.8, 4) is 5.75 Å². The van der Waals surface area contributed by atoms with E-state index in [0.717, 1.165) is 28.9 Å². The number of benzene rings is 1. The van der Waals surface area contributed by atoms with Crippen LogP contribution in [0.5, 0.6) is 5.75 Å². The van der Waals surface area contributed by atoms with Crippen LogP contribution in [0.4, 0.5) is 5.69 Å². The van der Waals surface area contributed by atoms with Crippen LogP contribution in [0.15, 0.2) is 22.7 Å². The lowest BCUT2D eigenvalue weighted by Crippen LogP contribution is -2.20. The summed E-state index contributed by atoms with van der Waals surface area (Å²) in [4.78, 5) is 2.07. The van der Waals surface area contributed by atoms with Crippen LogP contribution in [0.25, 0.3) is 0 Å². The van der Waals surface area contributed by atoms with E-state index in [2.05, 4.69) is 20.8 Å². The summed E-state index contributed by atoms with van der Waals surface area (Å²) in [5, 5.41) is 8.78. The molecule has 84 valence electrons. The van der Waals surface area contributed by atoms with Gasteiger partial charge >= 0.3 is 0 Å². The van der Waals surface area contributed by atoms with Crippen LogP contribution < -0.4 is 9.64 Å². The van der Waals surface area contributed by atoms with E-state index >= 15 is 0 Å². The number of nitrogens with zero attached hydrogens (tertiary/aromatic N) is 1. The zero-order valence-corrected chi connectivity index (χ0v) is 10.6. The van der Waals surface area contributed by atoms with Crippen molar-refractivity contribution in [3.63, 3.8) is 0 Å². The number of aliphatic hydroxyl groups is 1. The molecule has 0 spiro atoms. The van der Waals surface area contributed by atoms with Gasteiger partial charge in [-0.15, -0.1) is 0 Å². The molecule has 0 saturated carbocycles. The summed E-state index contributed by atoms with van der Waals surface area (Å²) in [5.41, 5.74) is 1.03. The molecule has 3 nitrogen and oxygen atoms in total. The second kappa shape index (κ2) is 5.98. The Kier molecular flexibility index (Phi) is 4.91. The van der Waals surface area contributed by atoms with E-state index < -0.39 is 0 Å². The van der Waals surface area contributed by atoms with Gasteiger partial charge in [-0.2, -0.15) is 0 Å². The van der Waals surface area contributed by atoms with Crippen molar-refractivity contribution >= 4 is 21.6 Å². The van der Waals surface area contributed by atoms with Gasteiger partial charge in [0, 0.05) is 24.7 Å². The molecule has 0 saturated heterocycles. The van der Waals surface area contributed by atoms with Crippen molar-refractivity contribution < 1.29 is 9.84 Å². The lowest BCUT2D eigenvalue weighted by molar-refractivity contribution is 0.290. The molecule has 0 radical (unpaired) electrons. The first-order valence-corrected chi connectivity index (χ1v) is 5.64. The Hall–Kier alpha value is -0.740. The minimum absolute atomic E-state index is 0.209. The molecule has 1 aromatic rings. The predicted octanol–water partition coefficient (Wildman–Crippen LogP) is 2.28. The molecule has 0 aliphatic carbocycles. The molecule has 1 rings (SSSR count). The number of anilines is 1. The van der Waals surface area contributed by atoms with E-state index in [4.69, 9.17) is 9.84 Å². The Balaban J connectivity index is 2.85. The van der Waals surface area contributed by atoms with Gasteiger partial charge in [-0.25, -0.2) is 0 Å². The van der Waals surface area contributed by atoms with Crippen LogP contribution in [-0.4, -0.2) is 32.4 Å². The Bertz CT molecular complexity index is 317. The van der Waals surface area contributed by atoms with E-state index in [0.29, 0.717) is 0 Å². The number of hydrogen-bond donors (Lipinski definition) is 1. The molecule has 4 heteroatoms. The fraction of sp³-hybridized carbons (Fsp3) is 0.455. The van der Waals surface area contributed by atoms with Crippen molar-refractivity contribution in [2.75, 3.05) is 32.2 Å². The average molecular weight is 274 g/mol. The van der Waals surface area contributed by atoms with Crippen LogP contribution in [-0.2, 0) is 0 Å². The third kappa shape index (κ3) is 3.39. The van der Waals surface area contributed by atoms with E-state index in [-0.39, 0.29) is 6.61 Å². The van der Waals surface area contributed by atoms with Crippen molar-refractivity contribution in [1.82, 2.24) is 0 Å². The molecule has 1 N–H and O–H groups in total. The van der Waals surface area contributed by atoms with Crippen LogP contribution in [0.2, 0.25) is 0 Å². The Morgan fingerprint density at radius 2 is 2.20 bits per heavy atom. The summed E-state index contributed by atoms with van der Waals surface area (Å²) >= 11 is 3.43. The van der Waals surface area contributed by atoms with Gasteiger partial charge in [-0.1, -0.05) is 15.9 Å². The topological polar surface area (TPSA) is 32.7 Å². The molecule has 0 atom stereocenters. The number of hydrogen-bond acceptors (Lipinski definition) is 3. The van der Waals surface area contributed by atoms with Crippen LogP contribution in [0.3, 0.4) is 0 Å². The van der Waals surface area contributed by atoms with Crippen LogP contribution >= 0.6 is 15.9 Å². The average Bonchev–Trinajstić information content (AvgIpc) is 2.25. The molecule has 1 aromatic carbocycles. The zero-order chi connectivity index (χ0) is 11.3. The molecule has 0 unspecified atom stereocenters. The van der Waals surface area contributed by atoms with Gasteiger partial charge < -0.3 is 14.7 Å². The Labute approximate surface area is 98.8 Å². The van der Waals surface area contributed by atoms with Gasteiger partial charge in [-0.05, 0) is 24.6 Å². The standard InChI is InChI=1S/C11H16BrNO2/c1-13(6-3-7-14)10-8-9(12)4-5-11(10)15-2/h4-5,8,14H,3,6-7H2,1-2H3. The molecular formula is C11H16BrNO2. The number of halogens is 1. The summed E-state index contributed by atoms with van der Waals surface area (Å²) in [7, 11) is 3.65. The highest BCUT2D eigenvalue weighted by Crippen LogP contribution is 2.30. The van der Waals surface area contributed by atoms with Gasteiger partial charge in [0.2, 0.25) is 0 Å². The normalized spacial score (nSPS) is 10.1. The molecule has 0 amide bonds. The summed E-state index contributed by atoms with van der Waals surface area (Å²) in [6.07, 6.45) is 0.756. The van der Waals surface area contributed by atoms with Gasteiger partial charge in [0.05, 0.1) is 12.8 Å². The molecule has 0 fully saturated rings. The SMILES string of the molecule is COc1ccc(Br)cc1N(C)CCCO. The lowest BCUT2D eigenvalue weighted by atomic mass is 10.2. The van der Waals surface area contributed by atoms with E-state index in [1.807, 2.05) is 25.2 Å². The van der Waals surface area contributed by atoms with E-state index in [1.165, 1.54) is 0 Å². The van der Waals surface area contributed by atoms with Crippen LogP contribution in [0, 0.1) is 0 Å². The van der Waals surface area contributed by atoms with Gasteiger partial charge in [-0.3, -0.25) is 0 Å². The molecule has 0 aliphatic rings. The van der Waals surface area contributed by atoms with Crippen molar-refractivity contribution in [3.05, 3.63) is 22.7 Å². The molecule has 0 bridgehead atoms. The quantitative estimate of drug-likeness (QED) is 0.894. The Morgan fingerprint density at radius 1 is 1.47 bits per heavy atom. The highest BCUT2D eigenvalue weighted by molar-refractivity contribution is 9.10. The molecular weight excluding hydrogens is 258 g/mol. The predicted molar refractivity (Wildman–Crippen MR) is 65.7 cm³/mol. The molecule has 15 heavy (non-hydrogen) atoms. The van der Waals surface area contributed by atoms with E-state index in [1.54, 1.807) is 7.11 Å². The maximum Gasteiger partial charge on any atom is 0.142 e. The first kappa shape index (κ1) is 12.3. The highest BCUT2D eigenvalue weighted by atomic mass is 79.9. The summed E-state index contributed by atoms with van der Waals surface area (Å²) in [6.45, 7) is 1.02. The zero-order valence-electron chi connectivity index (χ0n) is 9.03. The summed E-state index contributed by atoms with van der Waals surface area (Å²) in [6, 6.07) is 5.88. The first-order valence-electron chi connectivity index (χ1n) is 4.84. The molecule has 0 aromatic heterocycles. The fourth-order valence-electron chi connectivity index (χ4n) is 1.39. The highest BCUT2D eigenvalue weighted by Gasteiger charge is 2.07. The van der Waals surface area contributed by atoms with Gasteiger partial charge in [0.1, 0.15) is 5.75 Å². The van der Waals surface area contributed by atoms with Crippen molar-refractivity contribution in [2.45, 2.75) is 6.42 Å². The van der Waals surface area contributed by atoms with Crippen molar-refractivity contribution in [2.24, 2.45) is 0 Å². The molecule has 0 heterocycles. The Morgan fingerprint density at radius 3 is 2.80 bits per heavy atom. The number of methoxy groups -OCH3 is 1. The second-order valence-corrected chi connectivity index (χ2v) is 4.23. The fourth-order valence-corrected chi connectivity index (χ4v) is 1.74. The van der Waals surface area contributed by atoms with Crippen LogP contribution in [0.1, 0.15) is 6.42 Å². The monoisotopic (exact) mass is 273 g/mol. The molecule has 0 aliphatic heterocycles. The van der Waals surface area contributed by atoms with E-state index in [9.17, 15) is 0 Å². The summed E-state index contributed by atoms with van der Waals surface area (Å²) in [5.74, 6) is 0.846. The lowest BCUT2D eigenvalue weighted by Gasteiger charge is -2.21. The third-order valence-electron chi connectivity index (χ3n) is 2.20. The first-order chi connectivity index (χ1) is 7.19. The van der Waals surface area contributed by atoms with Gasteiger partial charge in [0.25, 0.3) is 0 Å².